The Kier molecular flexibility index (Phi) is 6.20. The highest BCUT2D eigenvalue weighted by Crippen LogP contribution is 2.35. The molecule has 0 aliphatic carbocycles. The molecule has 3 heterocycles. The van der Waals surface area contributed by atoms with E-state index in [2.05, 4.69) is 15.0 Å². The Hall–Kier alpha value is -3.10. The van der Waals surface area contributed by atoms with Gasteiger partial charge in [-0.1, -0.05) is 11.6 Å². The minimum absolute atomic E-state index is 0.151. The van der Waals surface area contributed by atoms with Crippen LogP contribution in [0, 0.1) is 11.6 Å². The number of β-amino-alcohol motifs (C(OH)–C–C–N with tert-alkyl or cyclic N) is 1. The minimum Gasteiger partial charge on any atom is -0.491 e. The number of aliphatic hydroxyl groups excluding tert-OH is 1. The average molecular weight is 453 g/mol. The predicted octanol–water partition coefficient (Wildman–Crippen LogP) is 3.45. The lowest BCUT2D eigenvalue weighted by atomic mass is 9.90. The van der Waals surface area contributed by atoms with Crippen LogP contribution in [0.25, 0.3) is 5.57 Å². The summed E-state index contributed by atoms with van der Waals surface area (Å²) in [6.45, 7) is 2.93. The summed E-state index contributed by atoms with van der Waals surface area (Å²) in [5.74, 6) is 0.836. The summed E-state index contributed by atoms with van der Waals surface area (Å²) < 4.78 is 34.4. The van der Waals surface area contributed by atoms with Gasteiger partial charge in [-0.25, -0.2) is 18.4 Å². The number of hydrogen-bond acceptors (Lipinski definition) is 5. The molecule has 0 saturated carbocycles. The second-order valence-corrected chi connectivity index (χ2v) is 8.56. The van der Waals surface area contributed by atoms with Gasteiger partial charge >= 0.3 is 0 Å². The van der Waals surface area contributed by atoms with Crippen molar-refractivity contribution in [1.29, 1.82) is 0 Å². The minimum atomic E-state index is -0.645. The molecule has 2 aromatic carbocycles. The van der Waals surface area contributed by atoms with Crippen molar-refractivity contribution in [3.8, 4) is 5.75 Å². The fourth-order valence-electron chi connectivity index (χ4n) is 4.66. The fourth-order valence-corrected chi connectivity index (χ4v) is 4.66. The van der Waals surface area contributed by atoms with E-state index in [0.29, 0.717) is 25.3 Å². The van der Waals surface area contributed by atoms with E-state index in [-0.39, 0.29) is 18.2 Å². The maximum absolute atomic E-state index is 13.9. The predicted molar refractivity (Wildman–Crippen MR) is 120 cm³/mol. The van der Waals surface area contributed by atoms with Crippen molar-refractivity contribution in [1.82, 2.24) is 19.7 Å². The maximum atomic E-state index is 13.9. The molecule has 0 bridgehead atoms. The number of fused-ring (bicyclic) bond motifs is 2. The van der Waals surface area contributed by atoms with E-state index < -0.39 is 6.10 Å². The molecule has 33 heavy (non-hydrogen) atoms. The lowest BCUT2D eigenvalue weighted by molar-refractivity contribution is 0.0656. The molecule has 1 aromatic heterocycles. The fraction of sp³-hybridized carbons (Fsp3) is 0.360. The van der Waals surface area contributed by atoms with Gasteiger partial charge < -0.3 is 9.84 Å². The first-order valence-corrected chi connectivity index (χ1v) is 11.2. The summed E-state index contributed by atoms with van der Waals surface area (Å²) in [6, 6.07) is 10.8. The Morgan fingerprint density at radius 1 is 0.970 bits per heavy atom. The molecule has 1 saturated heterocycles. The molecule has 1 fully saturated rings. The molecule has 2 aliphatic heterocycles. The molecule has 0 spiro atoms. The zero-order chi connectivity index (χ0) is 22.8. The molecule has 0 amide bonds. The zero-order valence-corrected chi connectivity index (χ0v) is 18.3. The number of hydrogen-bond donors (Lipinski definition) is 1. The topological polar surface area (TPSA) is 63.4 Å². The van der Waals surface area contributed by atoms with E-state index in [0.717, 1.165) is 48.5 Å². The first-order valence-electron chi connectivity index (χ1n) is 11.2. The summed E-state index contributed by atoms with van der Waals surface area (Å²) in [7, 11) is 0. The van der Waals surface area contributed by atoms with Crippen LogP contribution in [0.15, 0.2) is 54.4 Å². The number of aryl methyl sites for hydroxylation is 2. The summed E-state index contributed by atoms with van der Waals surface area (Å²) in [6.07, 6.45) is 3.33. The van der Waals surface area contributed by atoms with Gasteiger partial charge in [0.1, 0.15) is 36.4 Å². The van der Waals surface area contributed by atoms with Gasteiger partial charge in [-0.05, 0) is 66.8 Å². The quantitative estimate of drug-likeness (QED) is 0.643. The van der Waals surface area contributed by atoms with Crippen LogP contribution in [0.2, 0.25) is 0 Å². The number of rotatable bonds is 5. The van der Waals surface area contributed by atoms with E-state index in [9.17, 15) is 13.9 Å². The van der Waals surface area contributed by atoms with Crippen molar-refractivity contribution in [2.24, 2.45) is 0 Å². The first kappa shape index (κ1) is 21.7. The molecular formula is C25H26F2N4O2. The third-order valence-electron chi connectivity index (χ3n) is 6.31. The van der Waals surface area contributed by atoms with Gasteiger partial charge in [0.25, 0.3) is 0 Å². The molecular weight excluding hydrogens is 426 g/mol. The Bertz CT molecular complexity index is 1150. The third kappa shape index (κ3) is 4.82. The highest BCUT2D eigenvalue weighted by molar-refractivity contribution is 5.81. The van der Waals surface area contributed by atoms with Crippen LogP contribution >= 0.6 is 0 Å². The van der Waals surface area contributed by atoms with E-state index in [1.165, 1.54) is 23.8 Å². The van der Waals surface area contributed by atoms with Crippen LogP contribution in [-0.4, -0.2) is 57.1 Å². The Morgan fingerprint density at radius 2 is 1.73 bits per heavy atom. The van der Waals surface area contributed by atoms with Crippen LogP contribution < -0.4 is 4.74 Å². The van der Waals surface area contributed by atoms with Gasteiger partial charge in [0, 0.05) is 31.8 Å². The van der Waals surface area contributed by atoms with E-state index in [1.807, 2.05) is 10.7 Å². The van der Waals surface area contributed by atoms with Gasteiger partial charge in [-0.2, -0.15) is 5.10 Å². The lowest BCUT2D eigenvalue weighted by Crippen LogP contribution is -2.39. The number of benzene rings is 2. The number of aliphatic hydroxyl groups is 1. The van der Waals surface area contributed by atoms with Crippen LogP contribution in [0.3, 0.4) is 0 Å². The second kappa shape index (κ2) is 9.41. The van der Waals surface area contributed by atoms with Gasteiger partial charge in [0.05, 0.1) is 0 Å². The number of ether oxygens (including phenoxy) is 1. The van der Waals surface area contributed by atoms with Crippen molar-refractivity contribution >= 4 is 5.57 Å². The maximum Gasteiger partial charge on any atom is 0.158 e. The highest BCUT2D eigenvalue weighted by atomic mass is 19.1. The van der Waals surface area contributed by atoms with Crippen LogP contribution in [0.5, 0.6) is 5.75 Å². The SMILES string of the molecule is OC(COc1ccc(F)cc1)CN1CCC(=C2c3ccc(F)cc3CCn3ncnc32)CC1. The summed E-state index contributed by atoms with van der Waals surface area (Å²) in [5.41, 5.74) is 4.38. The number of aromatic nitrogens is 3. The summed E-state index contributed by atoms with van der Waals surface area (Å²) in [4.78, 5) is 6.75. The van der Waals surface area contributed by atoms with Crippen LogP contribution in [0.1, 0.15) is 29.8 Å². The molecule has 1 N–H and O–H groups in total. The molecule has 1 unspecified atom stereocenters. The molecule has 3 aromatic rings. The van der Waals surface area contributed by atoms with Crippen molar-refractivity contribution in [3.05, 3.63) is 83.0 Å². The smallest absolute Gasteiger partial charge is 0.158 e. The molecule has 1 atom stereocenters. The molecule has 0 radical (unpaired) electrons. The summed E-state index contributed by atoms with van der Waals surface area (Å²) in [5, 5.41) is 14.8. The standard InChI is InChI=1S/C25H26F2N4O2/c26-19-1-4-22(5-2-19)33-15-21(32)14-30-10-7-17(8-11-30)24-23-6-3-20(27)13-18(23)9-12-31-25(24)28-16-29-31/h1-6,13,16,21,32H,7-12,14-15H2. The number of piperidine rings is 1. The van der Waals surface area contributed by atoms with Crippen molar-refractivity contribution in [2.45, 2.75) is 31.9 Å². The van der Waals surface area contributed by atoms with Gasteiger partial charge in [-0.15, -0.1) is 0 Å². The van der Waals surface area contributed by atoms with E-state index >= 15 is 0 Å². The van der Waals surface area contributed by atoms with Gasteiger partial charge in [-0.3, -0.25) is 4.90 Å². The average Bonchev–Trinajstić information content (AvgIpc) is 3.22. The lowest BCUT2D eigenvalue weighted by Gasteiger charge is -2.31. The third-order valence-corrected chi connectivity index (χ3v) is 6.31. The van der Waals surface area contributed by atoms with Crippen LogP contribution in [-0.2, 0) is 13.0 Å². The van der Waals surface area contributed by atoms with E-state index in [4.69, 9.17) is 4.74 Å². The first-order chi connectivity index (χ1) is 16.1. The van der Waals surface area contributed by atoms with E-state index in [1.54, 1.807) is 24.5 Å². The summed E-state index contributed by atoms with van der Waals surface area (Å²) >= 11 is 0. The molecule has 5 rings (SSSR count). The van der Waals surface area contributed by atoms with Gasteiger partial charge in [0.2, 0.25) is 0 Å². The normalized spacial score (nSPS) is 17.3. The Balaban J connectivity index is 1.27. The monoisotopic (exact) mass is 452 g/mol. The number of nitrogens with zero attached hydrogens (tertiary/aromatic N) is 4. The molecule has 172 valence electrons. The molecule has 2 aliphatic rings. The van der Waals surface area contributed by atoms with Crippen molar-refractivity contribution < 1.29 is 18.6 Å². The second-order valence-electron chi connectivity index (χ2n) is 8.56. The number of halogens is 2. The zero-order valence-electron chi connectivity index (χ0n) is 18.3. The molecule has 6 nitrogen and oxygen atoms in total. The van der Waals surface area contributed by atoms with Gasteiger partial charge in [0.15, 0.2) is 5.82 Å². The van der Waals surface area contributed by atoms with Crippen LogP contribution in [0.4, 0.5) is 8.78 Å². The van der Waals surface area contributed by atoms with Crippen molar-refractivity contribution in [3.63, 3.8) is 0 Å². The Labute approximate surface area is 191 Å². The van der Waals surface area contributed by atoms with Crippen molar-refractivity contribution in [2.75, 3.05) is 26.2 Å². The largest absolute Gasteiger partial charge is 0.491 e. The molecule has 8 heteroatoms. The Morgan fingerprint density at radius 3 is 2.52 bits per heavy atom. The highest BCUT2D eigenvalue weighted by Gasteiger charge is 2.26. The number of likely N-dealkylation sites (tertiary alicyclic amines) is 1.